The first-order valence-electron chi connectivity index (χ1n) is 7.51. The van der Waals surface area contributed by atoms with Gasteiger partial charge < -0.3 is 14.5 Å². The van der Waals surface area contributed by atoms with Gasteiger partial charge in [-0.25, -0.2) is 0 Å². The van der Waals surface area contributed by atoms with Crippen molar-refractivity contribution in [2.75, 3.05) is 0 Å². The van der Waals surface area contributed by atoms with Crippen LogP contribution in [0.4, 0.5) is 0 Å². The van der Waals surface area contributed by atoms with Gasteiger partial charge in [-0.2, -0.15) is 0 Å². The van der Waals surface area contributed by atoms with Gasteiger partial charge in [0.25, 0.3) is 5.91 Å². The van der Waals surface area contributed by atoms with E-state index in [0.717, 1.165) is 5.76 Å². The number of hydrogen-bond donors (Lipinski definition) is 1. The Morgan fingerprint density at radius 3 is 2.52 bits per heavy atom. The van der Waals surface area contributed by atoms with Gasteiger partial charge in [0.05, 0.1) is 6.04 Å². The van der Waals surface area contributed by atoms with Crippen molar-refractivity contribution in [1.82, 2.24) is 5.32 Å². The number of Topliss-reactive ketones (excluding diaryl/α,β-unsaturated/α-hetero) is 1. The molecule has 1 aromatic heterocycles. The predicted molar refractivity (Wildman–Crippen MR) is 86.5 cm³/mol. The van der Waals surface area contributed by atoms with Gasteiger partial charge in [0.1, 0.15) is 17.3 Å². The van der Waals surface area contributed by atoms with Gasteiger partial charge in [-0.15, -0.1) is 0 Å². The largest absolute Gasteiger partial charge is 0.481 e. The summed E-state index contributed by atoms with van der Waals surface area (Å²) in [6.45, 7) is 6.85. The molecule has 2 aromatic rings. The maximum Gasteiger partial charge on any atom is 0.261 e. The van der Waals surface area contributed by atoms with E-state index in [2.05, 4.69) is 5.32 Å². The zero-order valence-electron chi connectivity index (χ0n) is 13.8. The lowest BCUT2D eigenvalue weighted by molar-refractivity contribution is -0.128. The van der Waals surface area contributed by atoms with Crippen LogP contribution in [-0.2, 0) is 4.79 Å². The van der Waals surface area contributed by atoms with Crippen molar-refractivity contribution in [2.24, 2.45) is 0 Å². The molecule has 0 saturated heterocycles. The molecule has 0 saturated carbocycles. The van der Waals surface area contributed by atoms with Crippen LogP contribution in [0.3, 0.4) is 0 Å². The molecule has 2 rings (SSSR count). The number of carbonyl (C=O) groups is 2. The normalized spacial score (nSPS) is 13.2. The molecule has 0 spiro atoms. The molecule has 0 fully saturated rings. The smallest absolute Gasteiger partial charge is 0.261 e. The van der Waals surface area contributed by atoms with Crippen molar-refractivity contribution in [1.29, 1.82) is 0 Å². The Morgan fingerprint density at radius 2 is 1.91 bits per heavy atom. The van der Waals surface area contributed by atoms with Gasteiger partial charge in [-0.1, -0.05) is 12.1 Å². The standard InChI is InChI=1S/C18H21NO4/c1-11-8-9-17(22-11)12(2)19-18(21)14(4)23-16-7-5-6-15(10-16)13(3)20/h5-10,12,14H,1-4H3,(H,19,21)/t12-,14-/m1/s1. The highest BCUT2D eigenvalue weighted by Crippen LogP contribution is 2.18. The van der Waals surface area contributed by atoms with E-state index in [1.807, 2.05) is 26.0 Å². The summed E-state index contributed by atoms with van der Waals surface area (Å²) in [7, 11) is 0. The van der Waals surface area contributed by atoms with Crippen LogP contribution in [0.25, 0.3) is 0 Å². The van der Waals surface area contributed by atoms with E-state index < -0.39 is 6.10 Å². The summed E-state index contributed by atoms with van der Waals surface area (Å²) in [6.07, 6.45) is -0.685. The zero-order valence-corrected chi connectivity index (χ0v) is 13.8. The number of carbonyl (C=O) groups excluding carboxylic acids is 2. The molecule has 0 aliphatic heterocycles. The monoisotopic (exact) mass is 315 g/mol. The number of nitrogens with one attached hydrogen (secondary N) is 1. The quantitative estimate of drug-likeness (QED) is 0.829. The lowest BCUT2D eigenvalue weighted by Crippen LogP contribution is -2.37. The predicted octanol–water partition coefficient (Wildman–Crippen LogP) is 3.44. The molecule has 0 aliphatic rings. The fraction of sp³-hybridized carbons (Fsp3) is 0.333. The molecule has 0 unspecified atom stereocenters. The molecule has 0 radical (unpaired) electrons. The molecule has 1 amide bonds. The van der Waals surface area contributed by atoms with Crippen molar-refractivity contribution < 1.29 is 18.7 Å². The summed E-state index contributed by atoms with van der Waals surface area (Å²) in [5.74, 6) is 1.68. The molecule has 5 heteroatoms. The third-order valence-electron chi connectivity index (χ3n) is 3.47. The highest BCUT2D eigenvalue weighted by Gasteiger charge is 2.19. The van der Waals surface area contributed by atoms with E-state index in [1.54, 1.807) is 31.2 Å². The second kappa shape index (κ2) is 7.13. The number of furan rings is 1. The number of hydrogen-bond acceptors (Lipinski definition) is 4. The average molecular weight is 315 g/mol. The Morgan fingerprint density at radius 1 is 1.17 bits per heavy atom. The van der Waals surface area contributed by atoms with Crippen molar-refractivity contribution in [2.45, 2.75) is 39.8 Å². The summed E-state index contributed by atoms with van der Waals surface area (Å²) in [5, 5.41) is 2.84. The molecule has 2 atom stereocenters. The van der Waals surface area contributed by atoms with E-state index in [4.69, 9.17) is 9.15 Å². The molecule has 0 bridgehead atoms. The first-order valence-corrected chi connectivity index (χ1v) is 7.51. The van der Waals surface area contributed by atoms with Gasteiger partial charge in [0.2, 0.25) is 0 Å². The van der Waals surface area contributed by atoms with Gasteiger partial charge in [-0.3, -0.25) is 9.59 Å². The van der Waals surface area contributed by atoms with Crippen molar-refractivity contribution in [3.8, 4) is 5.75 Å². The third kappa shape index (κ3) is 4.45. The Balaban J connectivity index is 1.97. The van der Waals surface area contributed by atoms with E-state index in [0.29, 0.717) is 17.1 Å². The van der Waals surface area contributed by atoms with Gasteiger partial charge in [0, 0.05) is 5.56 Å². The lowest BCUT2D eigenvalue weighted by atomic mass is 10.1. The second-order valence-corrected chi connectivity index (χ2v) is 5.52. The molecule has 23 heavy (non-hydrogen) atoms. The summed E-state index contributed by atoms with van der Waals surface area (Å²) in [4.78, 5) is 23.6. The van der Waals surface area contributed by atoms with Gasteiger partial charge >= 0.3 is 0 Å². The highest BCUT2D eigenvalue weighted by atomic mass is 16.5. The molecule has 1 N–H and O–H groups in total. The number of ether oxygens (including phenoxy) is 1. The molecule has 122 valence electrons. The minimum Gasteiger partial charge on any atom is -0.481 e. The van der Waals surface area contributed by atoms with E-state index in [9.17, 15) is 9.59 Å². The fourth-order valence-corrected chi connectivity index (χ4v) is 2.13. The number of rotatable bonds is 6. The van der Waals surface area contributed by atoms with Crippen LogP contribution >= 0.6 is 0 Å². The van der Waals surface area contributed by atoms with Crippen LogP contribution in [0.2, 0.25) is 0 Å². The maximum absolute atomic E-state index is 12.2. The summed E-state index contributed by atoms with van der Waals surface area (Å²) in [6, 6.07) is 10.2. The maximum atomic E-state index is 12.2. The second-order valence-electron chi connectivity index (χ2n) is 5.52. The van der Waals surface area contributed by atoms with Crippen LogP contribution in [-0.4, -0.2) is 17.8 Å². The molecule has 1 heterocycles. The Kier molecular flexibility index (Phi) is 5.21. The van der Waals surface area contributed by atoms with Crippen LogP contribution in [0, 0.1) is 6.92 Å². The Labute approximate surface area is 135 Å². The zero-order chi connectivity index (χ0) is 17.0. The van der Waals surface area contributed by atoms with Gasteiger partial charge in [0.15, 0.2) is 11.9 Å². The van der Waals surface area contributed by atoms with Gasteiger partial charge in [-0.05, 0) is 52.0 Å². The van der Waals surface area contributed by atoms with Crippen molar-refractivity contribution in [3.63, 3.8) is 0 Å². The first-order chi connectivity index (χ1) is 10.9. The molecule has 1 aromatic carbocycles. The SMILES string of the molecule is CC(=O)c1cccc(O[C@H](C)C(=O)N[C@H](C)c2ccc(C)o2)c1. The highest BCUT2D eigenvalue weighted by molar-refractivity contribution is 5.94. The first kappa shape index (κ1) is 16.8. The minimum atomic E-state index is -0.685. The Bertz CT molecular complexity index is 705. The van der Waals surface area contributed by atoms with Crippen LogP contribution < -0.4 is 10.1 Å². The molecular weight excluding hydrogens is 294 g/mol. The summed E-state index contributed by atoms with van der Waals surface area (Å²) in [5.41, 5.74) is 0.550. The molecule has 0 aliphatic carbocycles. The summed E-state index contributed by atoms with van der Waals surface area (Å²) < 4.78 is 11.1. The minimum absolute atomic E-state index is 0.0469. The van der Waals surface area contributed by atoms with Crippen molar-refractivity contribution in [3.05, 3.63) is 53.5 Å². The Hall–Kier alpha value is -2.56. The average Bonchev–Trinajstić information content (AvgIpc) is 2.94. The van der Waals surface area contributed by atoms with Crippen LogP contribution in [0.1, 0.15) is 48.7 Å². The van der Waals surface area contributed by atoms with E-state index in [1.165, 1.54) is 6.92 Å². The number of aryl methyl sites for hydroxylation is 1. The molecular formula is C18H21NO4. The van der Waals surface area contributed by atoms with Crippen LogP contribution in [0.5, 0.6) is 5.75 Å². The third-order valence-corrected chi connectivity index (χ3v) is 3.47. The summed E-state index contributed by atoms with van der Waals surface area (Å²) >= 11 is 0. The van der Waals surface area contributed by atoms with E-state index >= 15 is 0 Å². The number of amides is 1. The number of ketones is 1. The molecule has 5 nitrogen and oxygen atoms in total. The number of benzene rings is 1. The van der Waals surface area contributed by atoms with Crippen LogP contribution in [0.15, 0.2) is 40.8 Å². The fourth-order valence-electron chi connectivity index (χ4n) is 2.13. The topological polar surface area (TPSA) is 68.5 Å². The van der Waals surface area contributed by atoms with Crippen molar-refractivity contribution >= 4 is 11.7 Å². The van der Waals surface area contributed by atoms with E-state index in [-0.39, 0.29) is 17.7 Å². The lowest BCUT2D eigenvalue weighted by Gasteiger charge is -2.18.